The molecule has 146 valence electrons. The van der Waals surface area contributed by atoms with Crippen LogP contribution in [-0.4, -0.2) is 8.07 Å². The summed E-state index contributed by atoms with van der Waals surface area (Å²) >= 11 is 0. The molecule has 0 N–H and O–H groups in total. The smallest absolute Gasteiger partial charge is 0.130 e. The Balaban J connectivity index is 1.71. The molecule has 2 aliphatic rings. The maximum atomic E-state index is 5.86. The van der Waals surface area contributed by atoms with E-state index in [-0.39, 0.29) is 0 Å². The highest BCUT2D eigenvalue weighted by molar-refractivity contribution is 6.89. The van der Waals surface area contributed by atoms with E-state index in [1.807, 2.05) is 6.07 Å². The lowest BCUT2D eigenvalue weighted by Gasteiger charge is -2.22. The van der Waals surface area contributed by atoms with Gasteiger partial charge in [-0.3, -0.25) is 0 Å². The Kier molecular flexibility index (Phi) is 4.87. The van der Waals surface area contributed by atoms with Crippen molar-refractivity contribution in [3.63, 3.8) is 0 Å². The van der Waals surface area contributed by atoms with E-state index in [1.165, 1.54) is 27.8 Å². The maximum Gasteiger partial charge on any atom is 0.130 e. The summed E-state index contributed by atoms with van der Waals surface area (Å²) in [4.78, 5) is 0. The van der Waals surface area contributed by atoms with Crippen LogP contribution in [0.25, 0.3) is 11.6 Å². The van der Waals surface area contributed by atoms with Gasteiger partial charge in [-0.05, 0) is 61.9 Å². The minimum absolute atomic E-state index is 0.422. The molecule has 2 aromatic rings. The van der Waals surface area contributed by atoms with Gasteiger partial charge < -0.3 is 4.42 Å². The third kappa shape index (κ3) is 3.28. The van der Waals surface area contributed by atoms with Crippen LogP contribution in [0.3, 0.4) is 0 Å². The highest BCUT2D eigenvalue weighted by Crippen LogP contribution is 2.46. The molecule has 0 saturated carbocycles. The average Bonchev–Trinajstić information content (AvgIpc) is 3.32. The van der Waals surface area contributed by atoms with Crippen molar-refractivity contribution in [2.24, 2.45) is 5.92 Å². The molecule has 0 bridgehead atoms. The van der Waals surface area contributed by atoms with E-state index in [0.29, 0.717) is 11.8 Å². The number of benzene rings is 1. The first-order chi connectivity index (χ1) is 13.3. The van der Waals surface area contributed by atoms with Crippen LogP contribution in [0.5, 0.6) is 0 Å². The minimum atomic E-state index is -1.41. The summed E-state index contributed by atoms with van der Waals surface area (Å²) in [5, 5.41) is 1.57. The molecular weight excluding hydrogens is 356 g/mol. The van der Waals surface area contributed by atoms with E-state index in [2.05, 4.69) is 76.8 Å². The lowest BCUT2D eigenvalue weighted by molar-refractivity contribution is 0.545. The topological polar surface area (TPSA) is 13.1 Å². The Morgan fingerprint density at radius 2 is 1.79 bits per heavy atom. The van der Waals surface area contributed by atoms with Gasteiger partial charge in [0, 0.05) is 11.5 Å². The van der Waals surface area contributed by atoms with Crippen molar-refractivity contribution in [2.75, 3.05) is 0 Å². The van der Waals surface area contributed by atoms with Crippen molar-refractivity contribution >= 4 is 24.9 Å². The Hall–Kier alpha value is -2.06. The third-order valence-corrected chi connectivity index (χ3v) is 8.71. The van der Waals surface area contributed by atoms with Crippen LogP contribution >= 0.6 is 0 Å². The predicted molar refractivity (Wildman–Crippen MR) is 124 cm³/mol. The molecule has 0 amide bonds. The van der Waals surface area contributed by atoms with Crippen molar-refractivity contribution < 1.29 is 4.42 Å². The normalized spacial score (nSPS) is 21.8. The summed E-state index contributed by atoms with van der Waals surface area (Å²) in [6.07, 6.45) is 8.89. The number of rotatable bonds is 5. The fraction of sp³-hybridized carbons (Fsp3) is 0.385. The Labute approximate surface area is 170 Å². The maximum absolute atomic E-state index is 5.86. The van der Waals surface area contributed by atoms with E-state index in [4.69, 9.17) is 4.42 Å². The first-order valence-corrected chi connectivity index (χ1v) is 14.0. The van der Waals surface area contributed by atoms with E-state index < -0.39 is 8.07 Å². The van der Waals surface area contributed by atoms with Crippen LogP contribution in [0, 0.1) is 5.92 Å². The molecule has 1 aromatic carbocycles. The number of allylic oxidation sites excluding steroid dienone is 5. The fourth-order valence-corrected chi connectivity index (χ4v) is 6.63. The molecule has 0 radical (unpaired) electrons. The molecular formula is C26H32OSi. The van der Waals surface area contributed by atoms with E-state index in [9.17, 15) is 0 Å². The largest absolute Gasteiger partial charge is 0.465 e. The lowest BCUT2D eigenvalue weighted by Crippen LogP contribution is -2.39. The van der Waals surface area contributed by atoms with Gasteiger partial charge in [0.25, 0.3) is 0 Å². The van der Waals surface area contributed by atoms with Crippen LogP contribution in [0.4, 0.5) is 0 Å². The molecule has 0 spiro atoms. The molecule has 28 heavy (non-hydrogen) atoms. The summed E-state index contributed by atoms with van der Waals surface area (Å²) in [6.45, 7) is 14.2. The van der Waals surface area contributed by atoms with Gasteiger partial charge in [-0.1, -0.05) is 72.7 Å². The second kappa shape index (κ2) is 7.08. The van der Waals surface area contributed by atoms with Crippen LogP contribution < -0.4 is 5.19 Å². The second-order valence-corrected chi connectivity index (χ2v) is 14.6. The quantitative estimate of drug-likeness (QED) is 0.495. The van der Waals surface area contributed by atoms with Crippen molar-refractivity contribution in [1.29, 1.82) is 0 Å². The second-order valence-electron chi connectivity index (χ2n) is 9.55. The molecule has 2 unspecified atom stereocenters. The first-order valence-electron chi connectivity index (χ1n) is 10.5. The molecule has 1 nitrogen and oxygen atoms in total. The molecule has 1 heterocycles. The van der Waals surface area contributed by atoms with Gasteiger partial charge in [0.15, 0.2) is 0 Å². The number of furan rings is 1. The molecule has 0 aliphatic heterocycles. The Morgan fingerprint density at radius 3 is 2.39 bits per heavy atom. The summed E-state index contributed by atoms with van der Waals surface area (Å²) in [5.41, 5.74) is 8.92. The molecule has 0 fully saturated rings. The summed E-state index contributed by atoms with van der Waals surface area (Å²) < 4.78 is 5.86. The van der Waals surface area contributed by atoms with E-state index >= 15 is 0 Å². The van der Waals surface area contributed by atoms with E-state index in [1.54, 1.807) is 17.0 Å². The van der Waals surface area contributed by atoms with Gasteiger partial charge in [0.2, 0.25) is 0 Å². The molecule has 4 rings (SSSR count). The molecule has 2 aliphatic carbocycles. The van der Waals surface area contributed by atoms with Gasteiger partial charge in [-0.2, -0.15) is 0 Å². The van der Waals surface area contributed by atoms with Crippen LogP contribution in [0.2, 0.25) is 19.6 Å². The lowest BCUT2D eigenvalue weighted by atomic mass is 9.85. The summed E-state index contributed by atoms with van der Waals surface area (Å²) in [5.74, 6) is 2.04. The highest BCUT2D eigenvalue weighted by atomic mass is 28.3. The minimum Gasteiger partial charge on any atom is -0.465 e. The monoisotopic (exact) mass is 388 g/mol. The van der Waals surface area contributed by atoms with Crippen molar-refractivity contribution in [1.82, 2.24) is 0 Å². The SMILES string of the molecule is CC1=CC(C)=C(CCC2C(c3ccco3)=Cc3c2cccc3[Si](C)(C)C)C1C. The van der Waals surface area contributed by atoms with Crippen LogP contribution in [-0.2, 0) is 0 Å². The zero-order valence-electron chi connectivity index (χ0n) is 18.1. The number of hydrogen-bond donors (Lipinski definition) is 0. The van der Waals surface area contributed by atoms with Crippen molar-refractivity contribution in [2.45, 2.75) is 59.2 Å². The van der Waals surface area contributed by atoms with Gasteiger partial charge in [0.1, 0.15) is 5.76 Å². The molecule has 1 aromatic heterocycles. The van der Waals surface area contributed by atoms with Gasteiger partial charge >= 0.3 is 0 Å². The summed E-state index contributed by atoms with van der Waals surface area (Å²) in [6, 6.07) is 11.1. The van der Waals surface area contributed by atoms with Crippen molar-refractivity contribution in [3.8, 4) is 0 Å². The number of fused-ring (bicyclic) bond motifs is 1. The Bertz CT molecular complexity index is 980. The molecule has 0 saturated heterocycles. The zero-order valence-corrected chi connectivity index (χ0v) is 19.1. The molecule has 2 atom stereocenters. The number of hydrogen-bond acceptors (Lipinski definition) is 1. The van der Waals surface area contributed by atoms with Crippen molar-refractivity contribution in [3.05, 3.63) is 76.3 Å². The summed E-state index contributed by atoms with van der Waals surface area (Å²) in [7, 11) is -1.41. The first kappa shape index (κ1) is 19.3. The van der Waals surface area contributed by atoms with Gasteiger partial charge in [0.05, 0.1) is 14.3 Å². The van der Waals surface area contributed by atoms with Crippen LogP contribution in [0.15, 0.2) is 63.8 Å². The standard InChI is InChI=1S/C26H32OSi/c1-17-15-18(2)20(19(17)3)12-13-22-21-9-7-11-26(28(4,5)6)24(21)16-23(22)25-10-8-14-27-25/h7-11,14-16,19,22H,12-13H2,1-6H3. The Morgan fingerprint density at radius 1 is 1.00 bits per heavy atom. The van der Waals surface area contributed by atoms with Crippen LogP contribution in [0.1, 0.15) is 56.4 Å². The average molecular weight is 389 g/mol. The highest BCUT2D eigenvalue weighted by Gasteiger charge is 2.32. The predicted octanol–water partition coefficient (Wildman–Crippen LogP) is 7.16. The van der Waals surface area contributed by atoms with Gasteiger partial charge in [-0.15, -0.1) is 0 Å². The fourth-order valence-electron chi connectivity index (χ4n) is 5.01. The van der Waals surface area contributed by atoms with Gasteiger partial charge in [-0.25, -0.2) is 0 Å². The third-order valence-electron chi connectivity index (χ3n) is 6.66. The van der Waals surface area contributed by atoms with E-state index in [0.717, 1.165) is 18.6 Å². The molecule has 2 heteroatoms. The zero-order chi connectivity index (χ0) is 20.1.